The fourth-order valence-electron chi connectivity index (χ4n) is 3.99. The van der Waals surface area contributed by atoms with Crippen LogP contribution >= 0.6 is 0 Å². The first-order chi connectivity index (χ1) is 14.8. The Morgan fingerprint density at radius 2 is 2.00 bits per heavy atom. The fourth-order valence-corrected chi connectivity index (χ4v) is 3.99. The first kappa shape index (κ1) is 20.9. The number of urea groups is 1. The van der Waals surface area contributed by atoms with Gasteiger partial charge in [0.05, 0.1) is 11.7 Å². The zero-order valence-electron chi connectivity index (χ0n) is 16.5. The van der Waals surface area contributed by atoms with Crippen molar-refractivity contribution in [3.05, 3.63) is 65.5 Å². The molecule has 9 heteroatoms. The number of alkyl halides is 2. The van der Waals surface area contributed by atoms with Crippen LogP contribution in [0.25, 0.3) is 10.8 Å². The number of nitrogens with two attached hydrogens (primary N) is 1. The molecule has 4 rings (SSSR count). The minimum Gasteiger partial charge on any atom is -0.478 e. The van der Waals surface area contributed by atoms with Gasteiger partial charge in [0.15, 0.2) is 17.2 Å². The standard InChI is InChI=1S/C22H19F4N3O2/c1-12-5-15-13(9-28-12)3-2-4-18(15)29(21(27)30)19-8-22(10-23,11-24)31-20-16(19)6-14(25)7-17(20)26/h2-7,9,19H,8,10-11H2,1H3,(H2,27,30)/t19-/m1/s1. The van der Waals surface area contributed by atoms with Crippen molar-refractivity contribution in [2.24, 2.45) is 5.73 Å². The topological polar surface area (TPSA) is 68.5 Å². The van der Waals surface area contributed by atoms with Gasteiger partial charge in [0.2, 0.25) is 0 Å². The fraction of sp³-hybridized carbons (Fsp3) is 0.273. The highest BCUT2D eigenvalue weighted by atomic mass is 19.1. The molecule has 0 aliphatic carbocycles. The van der Waals surface area contributed by atoms with E-state index < -0.39 is 48.4 Å². The average Bonchev–Trinajstić information content (AvgIpc) is 2.74. The number of ether oxygens (including phenoxy) is 1. The van der Waals surface area contributed by atoms with E-state index in [1.165, 1.54) is 0 Å². The van der Waals surface area contributed by atoms with Gasteiger partial charge in [-0.3, -0.25) is 9.88 Å². The van der Waals surface area contributed by atoms with E-state index in [-0.39, 0.29) is 12.0 Å². The van der Waals surface area contributed by atoms with Gasteiger partial charge in [-0.2, -0.15) is 0 Å². The van der Waals surface area contributed by atoms with Crippen molar-refractivity contribution >= 4 is 22.5 Å². The molecule has 0 saturated heterocycles. The lowest BCUT2D eigenvalue weighted by molar-refractivity contribution is -0.0113. The molecule has 0 saturated carbocycles. The van der Waals surface area contributed by atoms with Crippen molar-refractivity contribution in [1.82, 2.24) is 4.98 Å². The van der Waals surface area contributed by atoms with Gasteiger partial charge in [0.1, 0.15) is 19.2 Å². The minimum atomic E-state index is -2.04. The summed E-state index contributed by atoms with van der Waals surface area (Å²) >= 11 is 0. The lowest BCUT2D eigenvalue weighted by Gasteiger charge is -2.43. The number of hydrogen-bond donors (Lipinski definition) is 1. The average molecular weight is 433 g/mol. The van der Waals surface area contributed by atoms with Crippen molar-refractivity contribution in [1.29, 1.82) is 0 Å². The van der Waals surface area contributed by atoms with E-state index in [9.17, 15) is 22.4 Å². The van der Waals surface area contributed by atoms with E-state index in [1.807, 2.05) is 0 Å². The Morgan fingerprint density at radius 3 is 2.68 bits per heavy atom. The largest absolute Gasteiger partial charge is 0.478 e. The van der Waals surface area contributed by atoms with Crippen molar-refractivity contribution in [3.8, 4) is 5.75 Å². The van der Waals surface area contributed by atoms with Gasteiger partial charge >= 0.3 is 6.03 Å². The van der Waals surface area contributed by atoms with Crippen LogP contribution in [-0.2, 0) is 0 Å². The molecule has 0 bridgehead atoms. The van der Waals surface area contributed by atoms with E-state index >= 15 is 0 Å². The summed E-state index contributed by atoms with van der Waals surface area (Å²) in [6.45, 7) is -0.792. The molecule has 2 aromatic carbocycles. The molecule has 2 N–H and O–H groups in total. The number of benzene rings is 2. The summed E-state index contributed by atoms with van der Waals surface area (Å²) in [5, 5.41) is 1.29. The zero-order chi connectivity index (χ0) is 22.3. The van der Waals surface area contributed by atoms with Gasteiger partial charge in [0, 0.05) is 40.7 Å². The summed E-state index contributed by atoms with van der Waals surface area (Å²) in [7, 11) is 0. The number of aryl methyl sites for hydroxylation is 1. The third-order valence-electron chi connectivity index (χ3n) is 5.45. The third-order valence-corrected chi connectivity index (χ3v) is 5.45. The SMILES string of the molecule is Cc1cc2c(N(C(N)=O)[C@@H]3CC(CF)(CF)Oc4c(F)cc(F)cc43)cccc2cn1. The van der Waals surface area contributed by atoms with Crippen LogP contribution in [0.15, 0.2) is 42.6 Å². The first-order valence-electron chi connectivity index (χ1n) is 9.52. The lowest BCUT2D eigenvalue weighted by Crippen LogP contribution is -2.51. The minimum absolute atomic E-state index is 0.0587. The summed E-state index contributed by atoms with van der Waals surface area (Å²) in [5.74, 6) is -2.54. The number of rotatable bonds is 4. The number of primary amides is 1. The molecular formula is C22H19F4N3O2. The second-order valence-electron chi connectivity index (χ2n) is 7.61. The zero-order valence-corrected chi connectivity index (χ0v) is 16.5. The number of carbonyl (C=O) groups excluding carboxylic acids is 1. The Kier molecular flexibility index (Phi) is 5.20. The van der Waals surface area contributed by atoms with Crippen LogP contribution in [0.5, 0.6) is 5.75 Å². The van der Waals surface area contributed by atoms with Crippen LogP contribution in [0.1, 0.15) is 23.7 Å². The molecule has 5 nitrogen and oxygen atoms in total. The Bertz CT molecular complexity index is 1170. The van der Waals surface area contributed by atoms with Gasteiger partial charge in [-0.15, -0.1) is 0 Å². The van der Waals surface area contributed by atoms with Crippen LogP contribution in [0.3, 0.4) is 0 Å². The number of nitrogens with zero attached hydrogens (tertiary/aromatic N) is 2. The maximum Gasteiger partial charge on any atom is 0.319 e. The summed E-state index contributed by atoms with van der Waals surface area (Å²) in [5.41, 5.74) is 4.58. The molecule has 2 amide bonds. The first-order valence-corrected chi connectivity index (χ1v) is 9.52. The van der Waals surface area contributed by atoms with Crippen molar-refractivity contribution in [2.75, 3.05) is 18.2 Å². The van der Waals surface area contributed by atoms with Crippen molar-refractivity contribution in [2.45, 2.75) is 25.0 Å². The van der Waals surface area contributed by atoms with Crippen LogP contribution in [0.2, 0.25) is 0 Å². The van der Waals surface area contributed by atoms with Crippen LogP contribution in [0.4, 0.5) is 28.0 Å². The monoisotopic (exact) mass is 433 g/mol. The number of halogens is 4. The highest BCUT2D eigenvalue weighted by Gasteiger charge is 2.46. The maximum atomic E-state index is 14.5. The van der Waals surface area contributed by atoms with Gasteiger partial charge < -0.3 is 10.5 Å². The van der Waals surface area contributed by atoms with E-state index in [4.69, 9.17) is 10.5 Å². The maximum absolute atomic E-state index is 14.5. The number of carbonyl (C=O) groups is 1. The number of hydrogen-bond acceptors (Lipinski definition) is 3. The second-order valence-corrected chi connectivity index (χ2v) is 7.61. The molecule has 31 heavy (non-hydrogen) atoms. The molecule has 0 radical (unpaired) electrons. The van der Waals surface area contributed by atoms with Crippen molar-refractivity contribution in [3.63, 3.8) is 0 Å². The Balaban J connectivity index is 1.97. The Hall–Kier alpha value is -3.36. The molecule has 2 heterocycles. The Morgan fingerprint density at radius 1 is 1.26 bits per heavy atom. The smallest absolute Gasteiger partial charge is 0.319 e. The molecular weight excluding hydrogens is 414 g/mol. The highest BCUT2D eigenvalue weighted by molar-refractivity contribution is 6.03. The summed E-state index contributed by atoms with van der Waals surface area (Å²) in [6.07, 6.45) is 1.22. The van der Waals surface area contributed by atoms with E-state index in [0.717, 1.165) is 11.0 Å². The molecule has 162 valence electrons. The van der Waals surface area contributed by atoms with Crippen molar-refractivity contribution < 1.29 is 27.1 Å². The van der Waals surface area contributed by atoms with Gasteiger partial charge in [0.25, 0.3) is 0 Å². The Labute approximate surface area is 175 Å². The number of fused-ring (bicyclic) bond motifs is 2. The number of anilines is 1. The van der Waals surface area contributed by atoms with Gasteiger partial charge in [-0.25, -0.2) is 22.4 Å². The molecule has 1 aliphatic heterocycles. The van der Waals surface area contributed by atoms with Crippen LogP contribution in [0, 0.1) is 18.6 Å². The van der Waals surface area contributed by atoms with Gasteiger partial charge in [-0.05, 0) is 25.1 Å². The predicted molar refractivity (Wildman–Crippen MR) is 108 cm³/mol. The van der Waals surface area contributed by atoms with Crippen LogP contribution in [-0.4, -0.2) is 30.0 Å². The summed E-state index contributed by atoms with van der Waals surface area (Å²) in [6, 6.07) is 6.19. The third kappa shape index (κ3) is 3.54. The number of aromatic nitrogens is 1. The molecule has 1 atom stereocenters. The quantitative estimate of drug-likeness (QED) is 0.595. The molecule has 1 aliphatic rings. The number of pyridine rings is 1. The van der Waals surface area contributed by atoms with E-state index in [2.05, 4.69) is 4.98 Å². The van der Waals surface area contributed by atoms with Gasteiger partial charge in [-0.1, -0.05) is 12.1 Å². The lowest BCUT2D eigenvalue weighted by atomic mass is 9.87. The molecule has 0 unspecified atom stereocenters. The predicted octanol–water partition coefficient (Wildman–Crippen LogP) is 4.91. The second kappa shape index (κ2) is 7.72. The molecule has 1 aromatic heterocycles. The van der Waals surface area contributed by atoms with E-state index in [0.29, 0.717) is 28.2 Å². The normalized spacial score (nSPS) is 17.1. The molecule has 0 spiro atoms. The summed E-state index contributed by atoms with van der Waals surface area (Å²) in [4.78, 5) is 17.9. The molecule has 3 aromatic rings. The van der Waals surface area contributed by atoms with E-state index in [1.54, 1.807) is 37.4 Å². The molecule has 0 fully saturated rings. The van der Waals surface area contributed by atoms with Crippen LogP contribution < -0.4 is 15.4 Å². The summed E-state index contributed by atoms with van der Waals surface area (Å²) < 4.78 is 61.7. The highest BCUT2D eigenvalue weighted by Crippen LogP contribution is 2.47. The number of amides is 2.